The zero-order chi connectivity index (χ0) is 9.64. The molecule has 0 spiro atoms. The van der Waals surface area contributed by atoms with Crippen molar-refractivity contribution in [3.63, 3.8) is 0 Å². The predicted molar refractivity (Wildman–Crippen MR) is 50.1 cm³/mol. The van der Waals surface area contributed by atoms with Crippen LogP contribution in [0.2, 0.25) is 0 Å². The van der Waals surface area contributed by atoms with Gasteiger partial charge in [0.2, 0.25) is 0 Å². The molecule has 0 aromatic carbocycles. The van der Waals surface area contributed by atoms with Crippen molar-refractivity contribution in [2.24, 2.45) is 17.3 Å². The summed E-state index contributed by atoms with van der Waals surface area (Å²) in [7, 11) is 1.44. The summed E-state index contributed by atoms with van der Waals surface area (Å²) < 4.78 is 4.64. The highest BCUT2D eigenvalue weighted by Gasteiger charge is 2.56. The maximum atomic E-state index is 11.1. The largest absolute Gasteiger partial charge is 0.466 e. The number of ether oxygens (including phenoxy) is 1. The Balaban J connectivity index is 2.20. The van der Waals surface area contributed by atoms with Crippen LogP contribution in [0.5, 0.6) is 0 Å². The number of carbonyl (C=O) groups excluding carboxylic acids is 1. The molecule has 0 aliphatic heterocycles. The summed E-state index contributed by atoms with van der Waals surface area (Å²) in [6, 6.07) is 0. The Hall–Kier alpha value is -0.790. The van der Waals surface area contributed by atoms with Crippen molar-refractivity contribution in [3.05, 3.63) is 11.6 Å². The predicted octanol–water partition coefficient (Wildman–Crippen LogP) is 2.15. The molecule has 3 aliphatic carbocycles. The van der Waals surface area contributed by atoms with Gasteiger partial charge in [-0.3, -0.25) is 0 Å². The number of hydrogen-bond donors (Lipinski definition) is 0. The van der Waals surface area contributed by atoms with E-state index in [1.807, 2.05) is 0 Å². The lowest BCUT2D eigenvalue weighted by molar-refractivity contribution is -0.135. The van der Waals surface area contributed by atoms with E-state index in [9.17, 15) is 4.79 Å². The fraction of sp³-hybridized carbons (Fsp3) is 0.727. The highest BCUT2D eigenvalue weighted by molar-refractivity contribution is 5.83. The quantitative estimate of drug-likeness (QED) is 0.456. The number of allylic oxidation sites excluding steroid dienone is 1. The molecule has 0 aromatic heterocycles. The Bertz CT molecular complexity index is 280. The summed E-state index contributed by atoms with van der Waals surface area (Å²) in [5.41, 5.74) is 1.61. The van der Waals surface area contributed by atoms with Crippen LogP contribution in [0.25, 0.3) is 0 Å². The van der Waals surface area contributed by atoms with Gasteiger partial charge in [-0.15, -0.1) is 0 Å². The summed E-state index contributed by atoms with van der Waals surface area (Å²) in [5, 5.41) is 0. The smallest absolute Gasteiger partial charge is 0.330 e. The van der Waals surface area contributed by atoms with Gasteiger partial charge in [-0.05, 0) is 30.1 Å². The van der Waals surface area contributed by atoms with Gasteiger partial charge in [0.05, 0.1) is 7.11 Å². The van der Waals surface area contributed by atoms with Crippen LogP contribution in [-0.2, 0) is 9.53 Å². The molecule has 3 atom stereocenters. The molecule has 0 N–H and O–H groups in total. The first-order chi connectivity index (χ1) is 6.08. The van der Waals surface area contributed by atoms with Crippen LogP contribution in [-0.4, -0.2) is 13.1 Å². The number of esters is 1. The van der Waals surface area contributed by atoms with Crippen molar-refractivity contribution in [1.29, 1.82) is 0 Å². The van der Waals surface area contributed by atoms with Gasteiger partial charge in [-0.1, -0.05) is 19.4 Å². The Labute approximate surface area is 79.0 Å². The van der Waals surface area contributed by atoms with Crippen LogP contribution >= 0.6 is 0 Å². The molecule has 0 unspecified atom stereocenters. The van der Waals surface area contributed by atoms with Gasteiger partial charge >= 0.3 is 5.97 Å². The third-order valence-electron chi connectivity index (χ3n) is 4.11. The van der Waals surface area contributed by atoms with Crippen molar-refractivity contribution >= 4 is 5.97 Å². The van der Waals surface area contributed by atoms with Crippen molar-refractivity contribution < 1.29 is 9.53 Å². The van der Waals surface area contributed by atoms with Crippen LogP contribution in [0.15, 0.2) is 11.6 Å². The van der Waals surface area contributed by atoms with Crippen LogP contribution in [0.1, 0.15) is 26.7 Å². The number of rotatable bonds is 1. The van der Waals surface area contributed by atoms with E-state index in [2.05, 4.69) is 18.6 Å². The molecule has 0 radical (unpaired) electrons. The molecule has 72 valence electrons. The third kappa shape index (κ3) is 1.04. The van der Waals surface area contributed by atoms with Crippen molar-refractivity contribution in [2.75, 3.05) is 7.11 Å². The van der Waals surface area contributed by atoms with E-state index in [1.165, 1.54) is 19.1 Å². The van der Waals surface area contributed by atoms with E-state index in [0.717, 1.165) is 18.3 Å². The van der Waals surface area contributed by atoms with Crippen molar-refractivity contribution in [3.8, 4) is 0 Å². The normalized spacial score (nSPS) is 44.7. The molecule has 0 saturated heterocycles. The minimum absolute atomic E-state index is 0.198. The Kier molecular flexibility index (Phi) is 1.76. The molecule has 3 aliphatic rings. The number of carbonyl (C=O) groups is 1. The lowest BCUT2D eigenvalue weighted by Gasteiger charge is -2.43. The fourth-order valence-electron chi connectivity index (χ4n) is 2.88. The molecular formula is C11H16O2. The zero-order valence-electron chi connectivity index (χ0n) is 8.46. The molecule has 3 fully saturated rings. The molecule has 13 heavy (non-hydrogen) atoms. The monoisotopic (exact) mass is 180 g/mol. The van der Waals surface area contributed by atoms with E-state index in [0.29, 0.717) is 5.41 Å². The Morgan fingerprint density at radius 3 is 2.77 bits per heavy atom. The van der Waals surface area contributed by atoms with Crippen molar-refractivity contribution in [1.82, 2.24) is 0 Å². The molecule has 2 heteroatoms. The van der Waals surface area contributed by atoms with Crippen LogP contribution in [0.4, 0.5) is 0 Å². The van der Waals surface area contributed by atoms with Crippen LogP contribution in [0, 0.1) is 17.3 Å². The first kappa shape index (κ1) is 8.79. The van der Waals surface area contributed by atoms with Gasteiger partial charge in [0.25, 0.3) is 0 Å². The lowest BCUT2D eigenvalue weighted by atomic mass is 9.61. The lowest BCUT2D eigenvalue weighted by Crippen LogP contribution is -2.36. The molecule has 2 bridgehead atoms. The van der Waals surface area contributed by atoms with Crippen LogP contribution in [0.3, 0.4) is 0 Å². The van der Waals surface area contributed by atoms with E-state index >= 15 is 0 Å². The SMILES string of the molecule is COC(=O)/C=C1\C[C@H]2C[C@]1(C)[C@H]2C. The Morgan fingerprint density at radius 1 is 1.69 bits per heavy atom. The maximum absolute atomic E-state index is 11.1. The summed E-state index contributed by atoms with van der Waals surface area (Å²) in [6.45, 7) is 4.54. The third-order valence-corrected chi connectivity index (χ3v) is 4.11. The average Bonchev–Trinajstić information content (AvgIpc) is 2.55. The van der Waals surface area contributed by atoms with Gasteiger partial charge < -0.3 is 4.74 Å². The van der Waals surface area contributed by atoms with Gasteiger partial charge in [0.1, 0.15) is 0 Å². The number of methoxy groups -OCH3 is 1. The van der Waals surface area contributed by atoms with Gasteiger partial charge in [-0.25, -0.2) is 4.79 Å². The zero-order valence-corrected chi connectivity index (χ0v) is 8.46. The first-order valence-electron chi connectivity index (χ1n) is 4.87. The second kappa shape index (κ2) is 2.60. The maximum Gasteiger partial charge on any atom is 0.330 e. The van der Waals surface area contributed by atoms with Crippen LogP contribution < -0.4 is 0 Å². The summed E-state index contributed by atoms with van der Waals surface area (Å²) in [5.74, 6) is 1.38. The fourth-order valence-corrected chi connectivity index (χ4v) is 2.88. The molecule has 0 aromatic rings. The van der Waals surface area contributed by atoms with E-state index in [4.69, 9.17) is 0 Å². The number of hydrogen-bond acceptors (Lipinski definition) is 2. The molecular weight excluding hydrogens is 164 g/mol. The summed E-state index contributed by atoms with van der Waals surface area (Å²) in [6.07, 6.45) is 4.06. The van der Waals surface area contributed by atoms with E-state index in [1.54, 1.807) is 6.08 Å². The highest BCUT2D eigenvalue weighted by Crippen LogP contribution is 2.65. The molecule has 2 nitrogen and oxygen atoms in total. The minimum Gasteiger partial charge on any atom is -0.466 e. The number of fused-ring (bicyclic) bond motifs is 1. The van der Waals surface area contributed by atoms with E-state index < -0.39 is 0 Å². The molecule has 0 amide bonds. The second-order valence-corrected chi connectivity index (χ2v) is 4.57. The topological polar surface area (TPSA) is 26.3 Å². The molecule has 0 heterocycles. The summed E-state index contributed by atoms with van der Waals surface area (Å²) >= 11 is 0. The molecule has 3 saturated carbocycles. The average molecular weight is 180 g/mol. The van der Waals surface area contributed by atoms with Gasteiger partial charge in [0.15, 0.2) is 0 Å². The summed E-state index contributed by atoms with van der Waals surface area (Å²) in [4.78, 5) is 11.1. The standard InChI is InChI=1S/C11H16O2/c1-7-8-4-9(5-10(12)13-3)11(7,2)6-8/h5,7-8H,4,6H2,1-3H3/b9-5+/t7-,8-,11+/m0/s1. The van der Waals surface area contributed by atoms with E-state index in [-0.39, 0.29) is 5.97 Å². The van der Waals surface area contributed by atoms with Gasteiger partial charge in [0, 0.05) is 6.08 Å². The highest BCUT2D eigenvalue weighted by atomic mass is 16.5. The van der Waals surface area contributed by atoms with Gasteiger partial charge in [-0.2, -0.15) is 0 Å². The molecule has 3 rings (SSSR count). The second-order valence-electron chi connectivity index (χ2n) is 4.57. The Morgan fingerprint density at radius 2 is 2.38 bits per heavy atom. The van der Waals surface area contributed by atoms with Crippen molar-refractivity contribution in [2.45, 2.75) is 26.7 Å². The first-order valence-corrected chi connectivity index (χ1v) is 4.87. The minimum atomic E-state index is -0.198.